The summed E-state index contributed by atoms with van der Waals surface area (Å²) in [6.07, 6.45) is 3.52. The van der Waals surface area contributed by atoms with Gasteiger partial charge in [0.15, 0.2) is 11.6 Å². The molecule has 1 aromatic carbocycles. The Morgan fingerprint density at radius 2 is 1.83 bits per heavy atom. The maximum Gasteiger partial charge on any atom is 0.288 e. The summed E-state index contributed by atoms with van der Waals surface area (Å²) >= 11 is 0. The quantitative estimate of drug-likeness (QED) is 0.0478. The number of hydrogen-bond donors (Lipinski definition) is 6. The van der Waals surface area contributed by atoms with Crippen molar-refractivity contribution in [3.05, 3.63) is 47.7 Å². The number of amidine groups is 1. The highest BCUT2D eigenvalue weighted by atomic mass is 16.5. The van der Waals surface area contributed by atoms with Gasteiger partial charge in [-0.2, -0.15) is 0 Å². The molecule has 0 radical (unpaired) electrons. The van der Waals surface area contributed by atoms with Crippen molar-refractivity contribution >= 4 is 23.6 Å². The summed E-state index contributed by atoms with van der Waals surface area (Å²) in [4.78, 5) is 37.3. The molecule has 0 saturated carbocycles. The molecule has 1 aromatic heterocycles. The summed E-state index contributed by atoms with van der Waals surface area (Å²) in [6.45, 7) is 3.66. The van der Waals surface area contributed by atoms with E-state index in [0.717, 1.165) is 19.3 Å². The molecule has 0 fully saturated rings. The lowest BCUT2D eigenvalue weighted by Gasteiger charge is -2.24. The average Bonchev–Trinajstić information content (AvgIpc) is 3.38. The van der Waals surface area contributed by atoms with Gasteiger partial charge in [0, 0.05) is 17.0 Å². The second kappa shape index (κ2) is 13.8. The number of benzene rings is 1. The number of oxime groups is 1. The van der Waals surface area contributed by atoms with E-state index in [1.165, 1.54) is 6.07 Å². The van der Waals surface area contributed by atoms with Crippen LogP contribution < -0.4 is 21.8 Å². The number of nitrogens with one attached hydrogen (secondary N) is 3. The van der Waals surface area contributed by atoms with Gasteiger partial charge < -0.3 is 26.0 Å². The summed E-state index contributed by atoms with van der Waals surface area (Å²) in [5.74, 6) is -2.44. The van der Waals surface area contributed by atoms with Gasteiger partial charge in [0.2, 0.25) is 11.8 Å². The molecule has 0 aliphatic rings. The Morgan fingerprint density at radius 3 is 2.49 bits per heavy atom. The van der Waals surface area contributed by atoms with Crippen molar-refractivity contribution in [3.8, 4) is 11.3 Å². The Labute approximate surface area is 203 Å². The molecule has 1 heterocycles. The maximum absolute atomic E-state index is 12.8. The third-order valence-electron chi connectivity index (χ3n) is 5.72. The van der Waals surface area contributed by atoms with Gasteiger partial charge in [-0.25, -0.2) is 5.48 Å². The minimum absolute atomic E-state index is 0.0361. The Bertz CT molecular complexity index is 1030. The molecule has 11 nitrogen and oxygen atoms in total. The zero-order valence-corrected chi connectivity index (χ0v) is 19.9. The largest absolute Gasteiger partial charge is 0.451 e. The first-order valence-corrected chi connectivity index (χ1v) is 11.5. The standard InChI is InChI=1S/C24H33N5O6/c1-3-5-6-10-18(17(4-2)23(31)29-34)22(30)26-14-27-24(32)20-12-11-19(35-20)15-8-7-9-16(13-15)21(25)28-33/h7-9,11-13,17-18,33-34H,3-6,10,14H2,1-2H3,(H2,25,28)(H,26,30)(H,27,32)(H,29,31)/t17-,18-/m1/s1. The van der Waals surface area contributed by atoms with Gasteiger partial charge in [0.1, 0.15) is 5.76 Å². The van der Waals surface area contributed by atoms with Crippen LogP contribution >= 0.6 is 0 Å². The van der Waals surface area contributed by atoms with Gasteiger partial charge in [0.05, 0.1) is 12.6 Å². The summed E-state index contributed by atoms with van der Waals surface area (Å²) in [5.41, 5.74) is 8.38. The molecule has 0 aliphatic heterocycles. The number of furan rings is 1. The molecule has 2 rings (SSSR count). The highest BCUT2D eigenvalue weighted by molar-refractivity contribution is 5.98. The molecule has 7 N–H and O–H groups in total. The van der Waals surface area contributed by atoms with Gasteiger partial charge in [0.25, 0.3) is 5.91 Å². The number of hydrogen-bond acceptors (Lipinski definition) is 7. The molecule has 0 unspecified atom stereocenters. The van der Waals surface area contributed by atoms with Crippen LogP contribution in [-0.2, 0) is 9.59 Å². The van der Waals surface area contributed by atoms with E-state index in [-0.39, 0.29) is 24.2 Å². The van der Waals surface area contributed by atoms with E-state index < -0.39 is 23.7 Å². The fourth-order valence-corrected chi connectivity index (χ4v) is 3.80. The maximum atomic E-state index is 12.8. The highest BCUT2D eigenvalue weighted by Crippen LogP contribution is 2.24. The summed E-state index contributed by atoms with van der Waals surface area (Å²) in [7, 11) is 0. The van der Waals surface area contributed by atoms with Gasteiger partial charge in [-0.1, -0.05) is 56.5 Å². The van der Waals surface area contributed by atoms with Crippen molar-refractivity contribution in [2.75, 3.05) is 6.67 Å². The minimum Gasteiger partial charge on any atom is -0.451 e. The van der Waals surface area contributed by atoms with Crippen molar-refractivity contribution in [2.24, 2.45) is 22.7 Å². The predicted octanol–water partition coefficient (Wildman–Crippen LogP) is 2.57. The lowest BCUT2D eigenvalue weighted by molar-refractivity contribution is -0.140. The molecule has 0 aliphatic carbocycles. The van der Waals surface area contributed by atoms with Crippen LogP contribution in [0, 0.1) is 11.8 Å². The zero-order valence-electron chi connectivity index (χ0n) is 19.9. The second-order valence-electron chi connectivity index (χ2n) is 8.05. The third kappa shape index (κ3) is 7.57. The normalized spacial score (nSPS) is 13.1. The van der Waals surface area contributed by atoms with E-state index >= 15 is 0 Å². The van der Waals surface area contributed by atoms with Crippen LogP contribution in [0.3, 0.4) is 0 Å². The first-order valence-electron chi connectivity index (χ1n) is 11.5. The highest BCUT2D eigenvalue weighted by Gasteiger charge is 2.31. The fourth-order valence-electron chi connectivity index (χ4n) is 3.80. The lowest BCUT2D eigenvalue weighted by atomic mass is 9.84. The molecule has 0 bridgehead atoms. The van der Waals surface area contributed by atoms with Crippen LogP contribution in [0.15, 0.2) is 46.0 Å². The molecule has 2 atom stereocenters. The Kier molecular flexibility index (Phi) is 10.8. The summed E-state index contributed by atoms with van der Waals surface area (Å²) in [5, 5.41) is 26.1. The van der Waals surface area contributed by atoms with E-state index in [4.69, 9.17) is 20.6 Å². The second-order valence-corrected chi connectivity index (χ2v) is 8.05. The van der Waals surface area contributed by atoms with Crippen LogP contribution in [0.5, 0.6) is 0 Å². The summed E-state index contributed by atoms with van der Waals surface area (Å²) < 4.78 is 5.62. The van der Waals surface area contributed by atoms with Gasteiger partial charge in [-0.05, 0) is 31.0 Å². The number of nitrogens with two attached hydrogens (primary N) is 1. The average molecular weight is 488 g/mol. The SMILES string of the molecule is CCCCC[C@@H](C(=O)NCNC(=O)c1ccc(-c2cccc(/C(N)=N/O)c2)o1)[C@@H](CC)C(=O)NO. The van der Waals surface area contributed by atoms with Gasteiger partial charge in [-0.3, -0.25) is 19.6 Å². The van der Waals surface area contributed by atoms with E-state index in [1.807, 2.05) is 6.92 Å². The molecular weight excluding hydrogens is 454 g/mol. The monoisotopic (exact) mass is 487 g/mol. The van der Waals surface area contributed by atoms with Gasteiger partial charge in [-0.15, -0.1) is 0 Å². The Balaban J connectivity index is 2.00. The Hall–Kier alpha value is -3.86. The van der Waals surface area contributed by atoms with Crippen LogP contribution in [0.1, 0.15) is 62.1 Å². The number of nitrogens with zero attached hydrogens (tertiary/aromatic N) is 1. The topological polar surface area (TPSA) is 179 Å². The molecule has 35 heavy (non-hydrogen) atoms. The van der Waals surface area contributed by atoms with Gasteiger partial charge >= 0.3 is 0 Å². The van der Waals surface area contributed by atoms with Crippen LogP contribution in [0.25, 0.3) is 11.3 Å². The fraction of sp³-hybridized carbons (Fsp3) is 0.417. The van der Waals surface area contributed by atoms with Crippen LogP contribution in [-0.4, -0.2) is 40.6 Å². The van der Waals surface area contributed by atoms with Crippen LogP contribution in [0.4, 0.5) is 0 Å². The van der Waals surface area contributed by atoms with Crippen LogP contribution in [0.2, 0.25) is 0 Å². The molecule has 0 saturated heterocycles. The third-order valence-corrected chi connectivity index (χ3v) is 5.72. The number of unbranched alkanes of at least 4 members (excludes halogenated alkanes) is 2. The molecule has 2 aromatic rings. The first-order chi connectivity index (χ1) is 16.9. The molecule has 3 amide bonds. The number of carbonyl (C=O) groups excluding carboxylic acids is 3. The van der Waals surface area contributed by atoms with E-state index in [2.05, 4.69) is 15.8 Å². The van der Waals surface area contributed by atoms with Crippen molar-refractivity contribution < 1.29 is 29.2 Å². The number of carbonyl (C=O) groups is 3. The van der Waals surface area contributed by atoms with Crippen molar-refractivity contribution in [3.63, 3.8) is 0 Å². The Morgan fingerprint density at radius 1 is 1.06 bits per heavy atom. The number of hydroxylamine groups is 1. The van der Waals surface area contributed by atoms with Crippen molar-refractivity contribution in [2.45, 2.75) is 46.0 Å². The molecule has 0 spiro atoms. The molecule has 11 heteroatoms. The number of amides is 3. The minimum atomic E-state index is -0.680. The van der Waals surface area contributed by atoms with Crippen molar-refractivity contribution in [1.29, 1.82) is 0 Å². The predicted molar refractivity (Wildman–Crippen MR) is 128 cm³/mol. The van der Waals surface area contributed by atoms with E-state index in [0.29, 0.717) is 29.7 Å². The molecular formula is C24H33N5O6. The van der Waals surface area contributed by atoms with E-state index in [9.17, 15) is 14.4 Å². The summed E-state index contributed by atoms with van der Waals surface area (Å²) in [6, 6.07) is 9.89. The van der Waals surface area contributed by atoms with Crippen molar-refractivity contribution in [1.82, 2.24) is 16.1 Å². The first kappa shape index (κ1) is 27.4. The lowest BCUT2D eigenvalue weighted by Crippen LogP contribution is -2.44. The molecule has 190 valence electrons. The smallest absolute Gasteiger partial charge is 0.288 e. The number of rotatable bonds is 13. The zero-order chi connectivity index (χ0) is 25.8. The van der Waals surface area contributed by atoms with E-state index in [1.54, 1.807) is 42.7 Å².